The highest BCUT2D eigenvalue weighted by Gasteiger charge is 2.24. The first kappa shape index (κ1) is 18.7. The van der Waals surface area contributed by atoms with Gasteiger partial charge in [-0.3, -0.25) is 0 Å². The number of hydrogen-bond donors (Lipinski definition) is 1. The minimum Gasteiger partial charge on any atom is -0.382 e. The molecule has 0 amide bonds. The normalized spacial score (nSPS) is 16.4. The molecule has 8 nitrogen and oxygen atoms in total. The molecule has 1 aliphatic rings. The van der Waals surface area contributed by atoms with Crippen LogP contribution in [0.15, 0.2) is 36.9 Å². The van der Waals surface area contributed by atoms with Crippen LogP contribution in [-0.4, -0.2) is 62.6 Å². The van der Waals surface area contributed by atoms with E-state index in [1.807, 2.05) is 0 Å². The quantitative estimate of drug-likeness (QED) is 0.563. The van der Waals surface area contributed by atoms with Gasteiger partial charge in [0.25, 0.3) is 0 Å². The van der Waals surface area contributed by atoms with Gasteiger partial charge in [-0.15, -0.1) is 0 Å². The molecule has 8 heteroatoms. The smallest absolute Gasteiger partial charge is 0.165 e. The predicted molar refractivity (Wildman–Crippen MR) is 120 cm³/mol. The SMILES string of the molecule is Cc1cccc2cc(C(C)n3cnc4c(N)ncnc43)c(N3CCN(C)CC3)nc12. The Morgan fingerprint density at radius 1 is 1.03 bits per heavy atom. The van der Waals surface area contributed by atoms with E-state index in [9.17, 15) is 0 Å². The van der Waals surface area contributed by atoms with Gasteiger partial charge in [-0.1, -0.05) is 18.2 Å². The number of nitrogen functional groups attached to an aromatic ring is 1. The summed E-state index contributed by atoms with van der Waals surface area (Å²) in [5, 5.41) is 1.15. The van der Waals surface area contributed by atoms with Crippen LogP contribution < -0.4 is 10.6 Å². The van der Waals surface area contributed by atoms with Gasteiger partial charge in [0.15, 0.2) is 11.5 Å². The van der Waals surface area contributed by atoms with Gasteiger partial charge in [0.05, 0.1) is 17.9 Å². The summed E-state index contributed by atoms with van der Waals surface area (Å²) in [6.45, 7) is 8.26. The van der Waals surface area contributed by atoms with Crippen molar-refractivity contribution in [2.45, 2.75) is 19.9 Å². The van der Waals surface area contributed by atoms with Crippen LogP contribution in [0.25, 0.3) is 22.1 Å². The molecule has 0 saturated carbocycles. The third-order valence-corrected chi connectivity index (χ3v) is 6.11. The summed E-state index contributed by atoms with van der Waals surface area (Å²) in [5.41, 5.74) is 10.8. The van der Waals surface area contributed by atoms with Crippen molar-refractivity contribution in [3.05, 3.63) is 48.0 Å². The third-order valence-electron chi connectivity index (χ3n) is 6.11. The Morgan fingerprint density at radius 3 is 2.63 bits per heavy atom. The van der Waals surface area contributed by atoms with Crippen molar-refractivity contribution in [2.24, 2.45) is 0 Å². The lowest BCUT2D eigenvalue weighted by Gasteiger charge is -2.35. The molecule has 4 aromatic rings. The number of likely N-dealkylation sites (N-methyl/N-ethyl adjacent to an activating group) is 1. The van der Waals surface area contributed by atoms with Crippen LogP contribution in [0.3, 0.4) is 0 Å². The number of imidazole rings is 1. The second kappa shape index (κ2) is 7.21. The van der Waals surface area contributed by atoms with Gasteiger partial charge in [-0.25, -0.2) is 19.9 Å². The molecule has 1 fully saturated rings. The summed E-state index contributed by atoms with van der Waals surface area (Å²) in [5.74, 6) is 1.44. The van der Waals surface area contributed by atoms with E-state index in [1.54, 1.807) is 6.33 Å². The molecule has 1 aromatic carbocycles. The van der Waals surface area contributed by atoms with Crippen molar-refractivity contribution in [1.29, 1.82) is 0 Å². The highest BCUT2D eigenvalue weighted by atomic mass is 15.3. The highest BCUT2D eigenvalue weighted by molar-refractivity contribution is 5.85. The van der Waals surface area contributed by atoms with Crippen molar-refractivity contribution in [2.75, 3.05) is 43.9 Å². The van der Waals surface area contributed by atoms with Crippen LogP contribution >= 0.6 is 0 Å². The summed E-state index contributed by atoms with van der Waals surface area (Å²) in [6, 6.07) is 8.60. The Labute approximate surface area is 175 Å². The Morgan fingerprint density at radius 2 is 1.83 bits per heavy atom. The molecule has 1 unspecified atom stereocenters. The van der Waals surface area contributed by atoms with E-state index in [0.717, 1.165) is 54.1 Å². The van der Waals surface area contributed by atoms with E-state index in [1.165, 1.54) is 11.9 Å². The predicted octanol–water partition coefficient (Wildman–Crippen LogP) is 2.63. The van der Waals surface area contributed by atoms with Gasteiger partial charge in [-0.05, 0) is 32.5 Å². The molecule has 30 heavy (non-hydrogen) atoms. The summed E-state index contributed by atoms with van der Waals surface area (Å²) >= 11 is 0. The average Bonchev–Trinajstić information content (AvgIpc) is 3.19. The van der Waals surface area contributed by atoms with Crippen molar-refractivity contribution in [3.63, 3.8) is 0 Å². The van der Waals surface area contributed by atoms with E-state index in [4.69, 9.17) is 10.7 Å². The largest absolute Gasteiger partial charge is 0.382 e. The van der Waals surface area contributed by atoms with Crippen LogP contribution in [-0.2, 0) is 0 Å². The number of benzene rings is 1. The molecule has 1 atom stereocenters. The number of nitrogens with two attached hydrogens (primary N) is 1. The monoisotopic (exact) mass is 402 g/mol. The Kier molecular flexibility index (Phi) is 4.51. The fourth-order valence-electron chi connectivity index (χ4n) is 4.24. The lowest BCUT2D eigenvalue weighted by atomic mass is 10.0. The maximum Gasteiger partial charge on any atom is 0.165 e. The van der Waals surface area contributed by atoms with E-state index in [2.05, 4.69) is 74.5 Å². The molecule has 0 radical (unpaired) electrons. The van der Waals surface area contributed by atoms with E-state index >= 15 is 0 Å². The molecule has 2 N–H and O–H groups in total. The minimum absolute atomic E-state index is 0.00336. The first-order chi connectivity index (χ1) is 14.5. The molecular weight excluding hydrogens is 376 g/mol. The Bertz CT molecular complexity index is 1220. The average molecular weight is 403 g/mol. The molecule has 0 aliphatic carbocycles. The number of rotatable bonds is 3. The molecule has 5 rings (SSSR count). The summed E-state index contributed by atoms with van der Waals surface area (Å²) in [7, 11) is 2.17. The van der Waals surface area contributed by atoms with Crippen LogP contribution in [0, 0.1) is 6.92 Å². The molecule has 154 valence electrons. The summed E-state index contributed by atoms with van der Waals surface area (Å²) < 4.78 is 2.06. The van der Waals surface area contributed by atoms with Gasteiger partial charge in [-0.2, -0.15) is 0 Å². The van der Waals surface area contributed by atoms with Crippen molar-refractivity contribution >= 4 is 33.7 Å². The number of pyridine rings is 1. The first-order valence-electron chi connectivity index (χ1n) is 10.3. The number of nitrogens with zero attached hydrogens (tertiary/aromatic N) is 7. The molecule has 4 heterocycles. The van der Waals surface area contributed by atoms with Gasteiger partial charge < -0.3 is 20.1 Å². The van der Waals surface area contributed by atoms with Crippen LogP contribution in [0.2, 0.25) is 0 Å². The molecular formula is C22H26N8. The van der Waals surface area contributed by atoms with E-state index in [-0.39, 0.29) is 6.04 Å². The summed E-state index contributed by atoms with van der Waals surface area (Å²) in [6.07, 6.45) is 3.29. The number of hydrogen-bond acceptors (Lipinski definition) is 7. The number of anilines is 2. The minimum atomic E-state index is -0.00336. The first-order valence-corrected chi connectivity index (χ1v) is 10.3. The number of fused-ring (bicyclic) bond motifs is 2. The zero-order valence-corrected chi connectivity index (χ0v) is 17.6. The fourth-order valence-corrected chi connectivity index (χ4v) is 4.24. The van der Waals surface area contributed by atoms with Crippen LogP contribution in [0.5, 0.6) is 0 Å². The molecule has 3 aromatic heterocycles. The standard InChI is InChI=1S/C22H26N8/c1-14-5-4-6-16-11-17(21(27-18(14)16)29-9-7-28(3)8-10-29)15(2)30-13-26-19-20(23)24-12-25-22(19)30/h4-6,11-13,15H,7-10H2,1-3H3,(H2,23,24,25). The van der Waals surface area contributed by atoms with E-state index < -0.39 is 0 Å². The van der Waals surface area contributed by atoms with Crippen LogP contribution in [0.1, 0.15) is 24.1 Å². The van der Waals surface area contributed by atoms with Crippen molar-refractivity contribution in [3.8, 4) is 0 Å². The van der Waals surface area contributed by atoms with E-state index in [0.29, 0.717) is 11.3 Å². The number of aromatic nitrogens is 5. The maximum atomic E-state index is 6.01. The Balaban J connectivity index is 1.68. The number of aryl methyl sites for hydroxylation is 1. The summed E-state index contributed by atoms with van der Waals surface area (Å²) in [4.78, 5) is 22.9. The third kappa shape index (κ3) is 3.04. The molecule has 1 saturated heterocycles. The van der Waals surface area contributed by atoms with Crippen LogP contribution in [0.4, 0.5) is 11.6 Å². The highest BCUT2D eigenvalue weighted by Crippen LogP contribution is 2.33. The van der Waals surface area contributed by atoms with Gasteiger partial charge >= 0.3 is 0 Å². The Hall–Kier alpha value is -3.26. The second-order valence-corrected chi connectivity index (χ2v) is 8.10. The number of para-hydroxylation sites is 1. The lowest BCUT2D eigenvalue weighted by molar-refractivity contribution is 0.311. The topological polar surface area (TPSA) is 89.0 Å². The fraction of sp³-hybridized carbons (Fsp3) is 0.364. The van der Waals surface area contributed by atoms with Crippen molar-refractivity contribution in [1.82, 2.24) is 29.4 Å². The lowest BCUT2D eigenvalue weighted by Crippen LogP contribution is -2.45. The maximum absolute atomic E-state index is 6.01. The second-order valence-electron chi connectivity index (χ2n) is 8.10. The van der Waals surface area contributed by atoms with Gasteiger partial charge in [0.2, 0.25) is 0 Å². The van der Waals surface area contributed by atoms with Crippen molar-refractivity contribution < 1.29 is 0 Å². The number of piperazine rings is 1. The zero-order chi connectivity index (χ0) is 20.8. The van der Waals surface area contributed by atoms with Gasteiger partial charge in [0.1, 0.15) is 17.7 Å². The zero-order valence-electron chi connectivity index (χ0n) is 17.6. The molecule has 1 aliphatic heterocycles. The van der Waals surface area contributed by atoms with Gasteiger partial charge in [0, 0.05) is 37.1 Å². The molecule has 0 spiro atoms. The molecule has 0 bridgehead atoms.